The summed E-state index contributed by atoms with van der Waals surface area (Å²) in [5, 5.41) is 0. The molecule has 2 unspecified atom stereocenters. The van der Waals surface area contributed by atoms with Crippen LogP contribution in [-0.4, -0.2) is 41.8 Å². The summed E-state index contributed by atoms with van der Waals surface area (Å²) in [6, 6.07) is 0. The number of rotatable bonds is 2. The quantitative estimate of drug-likeness (QED) is 0.778. The number of hydrogen-bond acceptors (Lipinski definition) is 5. The first-order valence-electron chi connectivity index (χ1n) is 5.27. The first kappa shape index (κ1) is 11.2. The van der Waals surface area contributed by atoms with E-state index in [0.29, 0.717) is 25.6 Å². The topological polar surface area (TPSA) is 64.3 Å². The minimum atomic E-state index is -0.430. The molecular formula is C10H15FN4O. The number of hydrogen-bond donors (Lipinski definition) is 1. The number of nitrogens with two attached hydrogens (primary N) is 1. The van der Waals surface area contributed by atoms with Gasteiger partial charge in [0.2, 0.25) is 5.95 Å². The first-order chi connectivity index (χ1) is 7.69. The highest BCUT2D eigenvalue weighted by Crippen LogP contribution is 2.15. The molecule has 5 nitrogen and oxygen atoms in total. The molecule has 1 aliphatic heterocycles. The minimum Gasteiger partial charge on any atom is -0.370 e. The molecule has 6 heteroatoms. The molecule has 0 spiro atoms. The number of nitrogens with zero attached hydrogens (tertiary/aromatic N) is 3. The van der Waals surface area contributed by atoms with Gasteiger partial charge in [-0.15, -0.1) is 0 Å². The van der Waals surface area contributed by atoms with E-state index in [1.54, 1.807) is 0 Å². The van der Waals surface area contributed by atoms with Crippen molar-refractivity contribution in [2.45, 2.75) is 19.1 Å². The number of halogens is 1. The van der Waals surface area contributed by atoms with Gasteiger partial charge in [-0.3, -0.25) is 0 Å². The van der Waals surface area contributed by atoms with Gasteiger partial charge in [0.25, 0.3) is 0 Å². The molecule has 2 N–H and O–H groups in total. The highest BCUT2D eigenvalue weighted by Gasteiger charge is 2.25. The summed E-state index contributed by atoms with van der Waals surface area (Å²) in [4.78, 5) is 9.86. The average molecular weight is 226 g/mol. The Kier molecular flexibility index (Phi) is 3.31. The summed E-state index contributed by atoms with van der Waals surface area (Å²) in [5.41, 5.74) is 5.58. The van der Waals surface area contributed by atoms with Gasteiger partial charge in [0, 0.05) is 19.6 Å². The highest BCUT2D eigenvalue weighted by molar-refractivity contribution is 5.30. The van der Waals surface area contributed by atoms with E-state index in [4.69, 9.17) is 10.5 Å². The molecule has 0 bridgehead atoms. The van der Waals surface area contributed by atoms with Crippen LogP contribution < -0.4 is 10.6 Å². The summed E-state index contributed by atoms with van der Waals surface area (Å²) < 4.78 is 18.3. The molecule has 0 aliphatic carbocycles. The monoisotopic (exact) mass is 226 g/mol. The predicted octanol–water partition coefficient (Wildman–Crippen LogP) is 0.168. The van der Waals surface area contributed by atoms with Crippen LogP contribution in [0.3, 0.4) is 0 Å². The molecule has 0 aromatic carbocycles. The molecule has 2 atom stereocenters. The lowest BCUT2D eigenvalue weighted by atomic mass is 10.2. The molecule has 1 saturated heterocycles. The van der Waals surface area contributed by atoms with E-state index < -0.39 is 5.82 Å². The number of morpholine rings is 1. The van der Waals surface area contributed by atoms with Crippen LogP contribution in [0.5, 0.6) is 0 Å². The molecule has 16 heavy (non-hydrogen) atoms. The molecule has 2 heterocycles. The van der Waals surface area contributed by atoms with Crippen molar-refractivity contribution < 1.29 is 9.13 Å². The molecule has 2 rings (SSSR count). The zero-order chi connectivity index (χ0) is 11.5. The summed E-state index contributed by atoms with van der Waals surface area (Å²) in [6.45, 7) is 3.77. The standard InChI is InChI=1S/C10H15FN4O/c1-7-5-15(6-9(2-12)16-7)10-13-3-8(11)4-14-10/h3-4,7,9H,2,5-6,12H2,1H3. The maximum atomic E-state index is 12.7. The van der Waals surface area contributed by atoms with Crippen molar-refractivity contribution in [1.82, 2.24) is 9.97 Å². The Morgan fingerprint density at radius 3 is 2.81 bits per heavy atom. The molecule has 1 fully saturated rings. The van der Waals surface area contributed by atoms with E-state index >= 15 is 0 Å². The van der Waals surface area contributed by atoms with Gasteiger partial charge in [0.1, 0.15) is 0 Å². The van der Waals surface area contributed by atoms with Crippen molar-refractivity contribution in [1.29, 1.82) is 0 Å². The largest absolute Gasteiger partial charge is 0.370 e. The minimum absolute atomic E-state index is 0.0163. The average Bonchev–Trinajstić information content (AvgIpc) is 2.29. The van der Waals surface area contributed by atoms with Crippen LogP contribution in [0.4, 0.5) is 10.3 Å². The third-order valence-electron chi connectivity index (χ3n) is 2.48. The fourth-order valence-electron chi connectivity index (χ4n) is 1.81. The Hall–Kier alpha value is -1.27. The molecule has 1 aromatic rings. The van der Waals surface area contributed by atoms with Gasteiger partial charge in [-0.05, 0) is 6.92 Å². The van der Waals surface area contributed by atoms with Gasteiger partial charge in [-0.1, -0.05) is 0 Å². The molecule has 1 aliphatic rings. The van der Waals surface area contributed by atoms with Crippen molar-refractivity contribution in [3.05, 3.63) is 18.2 Å². The number of aromatic nitrogens is 2. The van der Waals surface area contributed by atoms with E-state index in [1.165, 1.54) is 12.4 Å². The van der Waals surface area contributed by atoms with Crippen molar-refractivity contribution in [3.63, 3.8) is 0 Å². The lowest BCUT2D eigenvalue weighted by molar-refractivity contribution is -0.0109. The zero-order valence-corrected chi connectivity index (χ0v) is 9.14. The van der Waals surface area contributed by atoms with Crippen molar-refractivity contribution >= 4 is 5.95 Å². The van der Waals surface area contributed by atoms with Crippen LogP contribution in [-0.2, 0) is 4.74 Å². The third kappa shape index (κ3) is 2.45. The van der Waals surface area contributed by atoms with Crippen LogP contribution in [0.15, 0.2) is 12.4 Å². The first-order valence-corrected chi connectivity index (χ1v) is 5.27. The van der Waals surface area contributed by atoms with E-state index in [9.17, 15) is 4.39 Å². The highest BCUT2D eigenvalue weighted by atomic mass is 19.1. The van der Waals surface area contributed by atoms with Gasteiger partial charge < -0.3 is 15.4 Å². The van der Waals surface area contributed by atoms with Crippen molar-refractivity contribution in [2.24, 2.45) is 5.73 Å². The normalized spacial score (nSPS) is 25.8. The van der Waals surface area contributed by atoms with Crippen LogP contribution in [0.2, 0.25) is 0 Å². The van der Waals surface area contributed by atoms with Gasteiger partial charge in [0.15, 0.2) is 5.82 Å². The van der Waals surface area contributed by atoms with Crippen LogP contribution >= 0.6 is 0 Å². The Bertz CT molecular complexity index is 345. The van der Waals surface area contributed by atoms with E-state index in [2.05, 4.69) is 9.97 Å². The van der Waals surface area contributed by atoms with E-state index in [1.807, 2.05) is 11.8 Å². The fourth-order valence-corrected chi connectivity index (χ4v) is 1.81. The zero-order valence-electron chi connectivity index (χ0n) is 9.14. The molecule has 0 radical (unpaired) electrons. The Balaban J connectivity index is 2.11. The smallest absolute Gasteiger partial charge is 0.225 e. The fraction of sp³-hybridized carbons (Fsp3) is 0.600. The Morgan fingerprint density at radius 2 is 2.19 bits per heavy atom. The second kappa shape index (κ2) is 4.71. The Labute approximate surface area is 93.4 Å². The van der Waals surface area contributed by atoms with Gasteiger partial charge in [-0.2, -0.15) is 0 Å². The summed E-state index contributed by atoms with van der Waals surface area (Å²) in [7, 11) is 0. The molecule has 1 aromatic heterocycles. The third-order valence-corrected chi connectivity index (χ3v) is 2.48. The maximum Gasteiger partial charge on any atom is 0.225 e. The number of anilines is 1. The SMILES string of the molecule is CC1CN(c2ncc(F)cn2)CC(CN)O1. The van der Waals surface area contributed by atoms with E-state index in [0.717, 1.165) is 0 Å². The molecular weight excluding hydrogens is 211 g/mol. The molecule has 88 valence electrons. The summed E-state index contributed by atoms with van der Waals surface area (Å²) >= 11 is 0. The Morgan fingerprint density at radius 1 is 1.50 bits per heavy atom. The lowest BCUT2D eigenvalue weighted by Gasteiger charge is -2.36. The number of ether oxygens (including phenoxy) is 1. The van der Waals surface area contributed by atoms with E-state index in [-0.39, 0.29) is 12.2 Å². The van der Waals surface area contributed by atoms with Crippen molar-refractivity contribution in [2.75, 3.05) is 24.5 Å². The predicted molar refractivity (Wildman–Crippen MR) is 57.6 cm³/mol. The second-order valence-electron chi connectivity index (χ2n) is 3.91. The van der Waals surface area contributed by atoms with Crippen LogP contribution in [0.25, 0.3) is 0 Å². The van der Waals surface area contributed by atoms with Crippen LogP contribution in [0, 0.1) is 5.82 Å². The maximum absolute atomic E-state index is 12.7. The van der Waals surface area contributed by atoms with Crippen molar-refractivity contribution in [3.8, 4) is 0 Å². The summed E-state index contributed by atoms with van der Waals surface area (Å²) in [5.74, 6) is 0.0930. The van der Waals surface area contributed by atoms with Crippen LogP contribution in [0.1, 0.15) is 6.92 Å². The molecule has 0 amide bonds. The van der Waals surface area contributed by atoms with Gasteiger partial charge >= 0.3 is 0 Å². The van der Waals surface area contributed by atoms with Gasteiger partial charge in [-0.25, -0.2) is 14.4 Å². The van der Waals surface area contributed by atoms with Gasteiger partial charge in [0.05, 0.1) is 24.6 Å². The second-order valence-corrected chi connectivity index (χ2v) is 3.91. The lowest BCUT2D eigenvalue weighted by Crippen LogP contribution is -2.49. The summed E-state index contributed by atoms with van der Waals surface area (Å²) in [6.07, 6.45) is 2.40. The molecule has 0 saturated carbocycles.